The molecule has 1 nitrogen and oxygen atoms in total. The third-order valence-corrected chi connectivity index (χ3v) is 6.92. The normalized spacial score (nSPS) is 11.7. The van der Waals surface area contributed by atoms with E-state index < -0.39 is 0 Å². The largest absolute Gasteiger partial charge is 0.296 e. The molecule has 0 aliphatic carbocycles. The van der Waals surface area contributed by atoms with Crippen LogP contribution in [0.5, 0.6) is 0 Å². The molecule has 0 heterocycles. The van der Waals surface area contributed by atoms with Crippen LogP contribution in [0.15, 0.2) is 0 Å². The standard InChI is InChI=1S/C8H16OS3/c1-5-6-7(9)8(10-2,11-3)12-4/h5-6H2,1-4H3. The van der Waals surface area contributed by atoms with Crippen molar-refractivity contribution in [1.29, 1.82) is 0 Å². The molecule has 0 radical (unpaired) electrons. The number of thioether (sulfide) groups is 3. The van der Waals surface area contributed by atoms with Gasteiger partial charge in [0.05, 0.1) is 0 Å². The van der Waals surface area contributed by atoms with E-state index in [2.05, 4.69) is 0 Å². The molecule has 12 heavy (non-hydrogen) atoms. The highest BCUT2D eigenvalue weighted by Gasteiger charge is 2.34. The minimum Gasteiger partial charge on any atom is -0.296 e. The van der Waals surface area contributed by atoms with E-state index in [0.717, 1.165) is 6.42 Å². The van der Waals surface area contributed by atoms with Crippen molar-refractivity contribution in [3.63, 3.8) is 0 Å². The minimum absolute atomic E-state index is 0.254. The molecule has 0 rings (SSSR count). The van der Waals surface area contributed by atoms with Gasteiger partial charge in [-0.05, 0) is 25.2 Å². The van der Waals surface area contributed by atoms with E-state index in [1.54, 1.807) is 35.3 Å². The molecule has 0 amide bonds. The van der Waals surface area contributed by atoms with Gasteiger partial charge in [0.15, 0.2) is 9.19 Å². The molecule has 0 spiro atoms. The molecule has 0 saturated carbocycles. The predicted octanol–water partition coefficient (Wildman–Crippen LogP) is 3.10. The van der Waals surface area contributed by atoms with E-state index in [4.69, 9.17) is 0 Å². The van der Waals surface area contributed by atoms with Gasteiger partial charge in [-0.25, -0.2) is 0 Å². The van der Waals surface area contributed by atoms with Gasteiger partial charge in [-0.2, -0.15) is 0 Å². The zero-order valence-electron chi connectivity index (χ0n) is 8.05. The Morgan fingerprint density at radius 2 is 1.58 bits per heavy atom. The maximum absolute atomic E-state index is 11.7. The summed E-state index contributed by atoms with van der Waals surface area (Å²) in [6, 6.07) is 0. The molecule has 0 bridgehead atoms. The SMILES string of the molecule is CCCC(=O)C(SC)(SC)SC. The number of carbonyl (C=O) groups excluding carboxylic acids is 1. The number of rotatable bonds is 6. The highest BCUT2D eigenvalue weighted by Crippen LogP contribution is 2.44. The van der Waals surface area contributed by atoms with Gasteiger partial charge in [0.1, 0.15) is 0 Å². The van der Waals surface area contributed by atoms with Crippen molar-refractivity contribution in [3.8, 4) is 0 Å². The first-order valence-corrected chi connectivity index (χ1v) is 7.53. The monoisotopic (exact) mass is 224 g/mol. The van der Waals surface area contributed by atoms with Crippen molar-refractivity contribution in [2.24, 2.45) is 0 Å². The smallest absolute Gasteiger partial charge is 0.169 e. The fourth-order valence-electron chi connectivity index (χ4n) is 0.972. The van der Waals surface area contributed by atoms with E-state index in [0.29, 0.717) is 12.2 Å². The molecule has 0 N–H and O–H groups in total. The van der Waals surface area contributed by atoms with Crippen LogP contribution in [-0.4, -0.2) is 28.0 Å². The molecule has 0 saturated heterocycles. The van der Waals surface area contributed by atoms with Crippen molar-refractivity contribution >= 4 is 41.1 Å². The molecule has 4 heteroatoms. The first-order valence-electron chi connectivity index (χ1n) is 3.85. The molecular formula is C8H16OS3. The predicted molar refractivity (Wildman–Crippen MR) is 63.2 cm³/mol. The Hall–Kier alpha value is 0.720. The number of hydrogen-bond donors (Lipinski definition) is 0. The van der Waals surface area contributed by atoms with Crippen molar-refractivity contribution < 1.29 is 4.79 Å². The average molecular weight is 224 g/mol. The second-order valence-corrected chi connectivity index (χ2v) is 6.18. The summed E-state index contributed by atoms with van der Waals surface area (Å²) in [7, 11) is 0. The summed E-state index contributed by atoms with van der Waals surface area (Å²) in [6.45, 7) is 2.05. The summed E-state index contributed by atoms with van der Waals surface area (Å²) >= 11 is 4.93. The fraction of sp³-hybridized carbons (Fsp3) is 0.875. The molecular weight excluding hydrogens is 208 g/mol. The maximum Gasteiger partial charge on any atom is 0.169 e. The molecule has 0 aromatic carbocycles. The van der Waals surface area contributed by atoms with Crippen LogP contribution in [0, 0.1) is 0 Å². The second kappa shape index (κ2) is 6.22. The van der Waals surface area contributed by atoms with E-state index >= 15 is 0 Å². The summed E-state index contributed by atoms with van der Waals surface area (Å²) in [6.07, 6.45) is 7.65. The van der Waals surface area contributed by atoms with Gasteiger partial charge >= 0.3 is 0 Å². The van der Waals surface area contributed by atoms with Crippen molar-refractivity contribution in [2.45, 2.75) is 23.2 Å². The Labute approximate surface area is 87.8 Å². The van der Waals surface area contributed by atoms with Crippen LogP contribution in [0.1, 0.15) is 19.8 Å². The number of carbonyl (C=O) groups is 1. The lowest BCUT2D eigenvalue weighted by atomic mass is 10.2. The van der Waals surface area contributed by atoms with E-state index in [9.17, 15) is 4.79 Å². The highest BCUT2D eigenvalue weighted by molar-refractivity contribution is 8.34. The Morgan fingerprint density at radius 3 is 1.83 bits per heavy atom. The van der Waals surface area contributed by atoms with Crippen molar-refractivity contribution in [1.82, 2.24) is 0 Å². The van der Waals surface area contributed by atoms with Crippen LogP contribution in [0.3, 0.4) is 0 Å². The van der Waals surface area contributed by atoms with E-state index in [1.807, 2.05) is 25.7 Å². The molecule has 0 unspecified atom stereocenters. The van der Waals surface area contributed by atoms with Crippen LogP contribution >= 0.6 is 35.3 Å². The second-order valence-electron chi connectivity index (χ2n) is 2.34. The number of ketones is 1. The Balaban J connectivity index is 4.36. The van der Waals surface area contributed by atoms with Crippen molar-refractivity contribution in [3.05, 3.63) is 0 Å². The first-order chi connectivity index (χ1) is 5.66. The lowest BCUT2D eigenvalue weighted by Crippen LogP contribution is -2.26. The summed E-state index contributed by atoms with van der Waals surface area (Å²) in [5, 5.41) is 0. The number of Topliss-reactive ketones (excluding diaryl/α,β-unsaturated/α-hetero) is 1. The summed E-state index contributed by atoms with van der Waals surface area (Å²) in [4.78, 5) is 11.7. The zero-order chi connectivity index (χ0) is 9.61. The van der Waals surface area contributed by atoms with Gasteiger partial charge in [-0.3, -0.25) is 4.79 Å². The van der Waals surface area contributed by atoms with Gasteiger partial charge in [0.25, 0.3) is 0 Å². The quantitative estimate of drug-likeness (QED) is 0.645. The van der Waals surface area contributed by atoms with Crippen LogP contribution in [-0.2, 0) is 4.79 Å². The van der Waals surface area contributed by atoms with E-state index in [-0.39, 0.29) is 3.41 Å². The Kier molecular flexibility index (Phi) is 6.59. The molecule has 0 aromatic heterocycles. The lowest BCUT2D eigenvalue weighted by Gasteiger charge is -2.25. The molecule has 0 fully saturated rings. The molecule has 0 aromatic rings. The zero-order valence-corrected chi connectivity index (χ0v) is 10.5. The fourth-order valence-corrected chi connectivity index (χ4v) is 3.96. The molecule has 0 aliphatic heterocycles. The van der Waals surface area contributed by atoms with Gasteiger partial charge in [0.2, 0.25) is 0 Å². The summed E-state index contributed by atoms with van der Waals surface area (Å²) < 4.78 is -0.254. The van der Waals surface area contributed by atoms with Crippen LogP contribution in [0.2, 0.25) is 0 Å². The van der Waals surface area contributed by atoms with Gasteiger partial charge in [0, 0.05) is 6.42 Å². The first kappa shape index (κ1) is 12.7. The van der Waals surface area contributed by atoms with Crippen LogP contribution in [0.25, 0.3) is 0 Å². The van der Waals surface area contributed by atoms with Crippen LogP contribution in [0.4, 0.5) is 0 Å². The Morgan fingerprint density at radius 1 is 1.17 bits per heavy atom. The Bertz CT molecular complexity index is 135. The minimum atomic E-state index is -0.254. The summed E-state index contributed by atoms with van der Waals surface area (Å²) in [5.41, 5.74) is 0. The number of hydrogen-bond acceptors (Lipinski definition) is 4. The van der Waals surface area contributed by atoms with Gasteiger partial charge in [-0.15, -0.1) is 35.3 Å². The molecule has 0 atom stereocenters. The summed E-state index contributed by atoms with van der Waals surface area (Å²) in [5.74, 6) is 0.359. The maximum atomic E-state index is 11.7. The lowest BCUT2D eigenvalue weighted by molar-refractivity contribution is -0.117. The van der Waals surface area contributed by atoms with Crippen molar-refractivity contribution in [2.75, 3.05) is 18.8 Å². The average Bonchev–Trinajstić information content (AvgIpc) is 2.09. The third-order valence-electron chi connectivity index (χ3n) is 1.62. The van der Waals surface area contributed by atoms with Gasteiger partial charge < -0.3 is 0 Å². The van der Waals surface area contributed by atoms with Crippen LogP contribution < -0.4 is 0 Å². The topological polar surface area (TPSA) is 17.1 Å². The molecule has 0 aliphatic rings. The highest BCUT2D eigenvalue weighted by atomic mass is 32.3. The third kappa shape index (κ3) is 2.89. The molecule has 72 valence electrons. The van der Waals surface area contributed by atoms with Gasteiger partial charge in [-0.1, -0.05) is 6.92 Å². The van der Waals surface area contributed by atoms with E-state index in [1.165, 1.54) is 0 Å².